The van der Waals surface area contributed by atoms with Crippen molar-refractivity contribution in [3.8, 4) is 0 Å². The van der Waals surface area contributed by atoms with Gasteiger partial charge in [0.25, 0.3) is 0 Å². The van der Waals surface area contributed by atoms with Gasteiger partial charge in [0.1, 0.15) is 0 Å². The number of alkyl halides is 3. The summed E-state index contributed by atoms with van der Waals surface area (Å²) in [7, 11) is 0. The van der Waals surface area contributed by atoms with Gasteiger partial charge in [-0.15, -0.1) is 0 Å². The van der Waals surface area contributed by atoms with Crippen molar-refractivity contribution in [2.75, 3.05) is 0 Å². The lowest BCUT2D eigenvalue weighted by Crippen LogP contribution is -2.22. The first kappa shape index (κ1) is 11.0. The Labute approximate surface area is 79.4 Å². The van der Waals surface area contributed by atoms with Crippen LogP contribution >= 0.6 is 0 Å². The van der Waals surface area contributed by atoms with Crippen LogP contribution in [-0.2, 0) is 6.42 Å². The number of aryl methyl sites for hydroxylation is 1. The minimum absolute atomic E-state index is 0.303. The van der Waals surface area contributed by atoms with E-state index in [4.69, 9.17) is 5.11 Å². The molecule has 1 heterocycles. The lowest BCUT2D eigenvalue weighted by Gasteiger charge is -2.16. The lowest BCUT2D eigenvalue weighted by atomic mass is 10.1. The molecule has 0 amide bonds. The molecule has 0 aromatic carbocycles. The molecule has 0 fully saturated rings. The molecule has 2 nitrogen and oxygen atoms in total. The molecule has 1 N–H and O–H groups in total. The first-order valence-electron chi connectivity index (χ1n) is 4.15. The second-order valence-corrected chi connectivity index (χ2v) is 2.85. The van der Waals surface area contributed by atoms with Crippen LogP contribution in [0.5, 0.6) is 0 Å². The van der Waals surface area contributed by atoms with Crippen LogP contribution < -0.4 is 0 Å². The van der Waals surface area contributed by atoms with Crippen LogP contribution in [-0.4, -0.2) is 16.3 Å². The normalized spacial score (nSPS) is 14.1. The van der Waals surface area contributed by atoms with E-state index in [1.165, 1.54) is 12.3 Å². The first-order valence-corrected chi connectivity index (χ1v) is 4.15. The van der Waals surface area contributed by atoms with Crippen molar-refractivity contribution >= 4 is 0 Å². The molecule has 1 atom stereocenters. The van der Waals surface area contributed by atoms with Gasteiger partial charge in [0.15, 0.2) is 6.10 Å². The number of nitrogens with zero attached hydrogens (tertiary/aromatic N) is 1. The molecule has 78 valence electrons. The van der Waals surface area contributed by atoms with E-state index in [1.807, 2.05) is 0 Å². The van der Waals surface area contributed by atoms with Gasteiger partial charge in [-0.05, 0) is 18.1 Å². The summed E-state index contributed by atoms with van der Waals surface area (Å²) >= 11 is 0. The van der Waals surface area contributed by atoms with Gasteiger partial charge in [0, 0.05) is 6.20 Å². The number of rotatable bonds is 2. The van der Waals surface area contributed by atoms with E-state index >= 15 is 0 Å². The monoisotopic (exact) mass is 205 g/mol. The smallest absolute Gasteiger partial charge is 0.378 e. The zero-order valence-corrected chi connectivity index (χ0v) is 7.54. The minimum Gasteiger partial charge on any atom is -0.378 e. The Morgan fingerprint density at radius 3 is 2.64 bits per heavy atom. The van der Waals surface area contributed by atoms with E-state index < -0.39 is 12.3 Å². The molecule has 0 radical (unpaired) electrons. The minimum atomic E-state index is -4.65. The third-order valence-electron chi connectivity index (χ3n) is 1.88. The van der Waals surface area contributed by atoms with Gasteiger partial charge in [-0.3, -0.25) is 4.98 Å². The average Bonchev–Trinajstić information content (AvgIpc) is 2.15. The Balaban J connectivity index is 3.06. The molecule has 14 heavy (non-hydrogen) atoms. The topological polar surface area (TPSA) is 33.1 Å². The fourth-order valence-electron chi connectivity index (χ4n) is 1.15. The lowest BCUT2D eigenvalue weighted by molar-refractivity contribution is -0.208. The summed E-state index contributed by atoms with van der Waals surface area (Å²) in [5.74, 6) is 0. The number of hydrogen-bond acceptors (Lipinski definition) is 2. The molecule has 1 aromatic heterocycles. The van der Waals surface area contributed by atoms with E-state index in [0.29, 0.717) is 12.0 Å². The summed E-state index contributed by atoms with van der Waals surface area (Å²) in [6.45, 7) is 1.71. The third kappa shape index (κ3) is 2.23. The predicted molar refractivity (Wildman–Crippen MR) is 44.6 cm³/mol. The molecule has 0 saturated heterocycles. The van der Waals surface area contributed by atoms with Crippen LogP contribution in [0.4, 0.5) is 13.2 Å². The van der Waals surface area contributed by atoms with Crippen LogP contribution in [0.3, 0.4) is 0 Å². The standard InChI is InChI=1S/C9H10F3NO/c1-2-6-4-3-5-13-7(6)8(14)9(10,11)12/h3-5,8,14H,2H2,1H3. The van der Waals surface area contributed by atoms with Crippen molar-refractivity contribution in [2.24, 2.45) is 0 Å². The van der Waals surface area contributed by atoms with Crippen molar-refractivity contribution in [1.82, 2.24) is 4.98 Å². The molecular formula is C9H10F3NO. The molecule has 5 heteroatoms. The van der Waals surface area contributed by atoms with Crippen molar-refractivity contribution < 1.29 is 18.3 Å². The predicted octanol–water partition coefficient (Wildman–Crippen LogP) is 2.24. The molecule has 0 aliphatic rings. The van der Waals surface area contributed by atoms with Crippen molar-refractivity contribution in [3.63, 3.8) is 0 Å². The zero-order valence-electron chi connectivity index (χ0n) is 7.54. The number of pyridine rings is 1. The van der Waals surface area contributed by atoms with Crippen LogP contribution in [0.25, 0.3) is 0 Å². The quantitative estimate of drug-likeness (QED) is 0.803. The van der Waals surface area contributed by atoms with Gasteiger partial charge >= 0.3 is 6.18 Å². The molecule has 1 unspecified atom stereocenters. The van der Waals surface area contributed by atoms with Gasteiger partial charge in [0.05, 0.1) is 5.69 Å². The summed E-state index contributed by atoms with van der Waals surface area (Å²) in [5.41, 5.74) is 0.111. The van der Waals surface area contributed by atoms with E-state index in [2.05, 4.69) is 4.98 Å². The number of halogens is 3. The fourth-order valence-corrected chi connectivity index (χ4v) is 1.15. The maximum atomic E-state index is 12.2. The van der Waals surface area contributed by atoms with Gasteiger partial charge in [-0.1, -0.05) is 13.0 Å². The molecule has 1 rings (SSSR count). The highest BCUT2D eigenvalue weighted by Gasteiger charge is 2.41. The Morgan fingerprint density at radius 1 is 1.50 bits per heavy atom. The molecule has 0 aliphatic heterocycles. The van der Waals surface area contributed by atoms with E-state index in [-0.39, 0.29) is 5.69 Å². The number of hydrogen-bond donors (Lipinski definition) is 1. The van der Waals surface area contributed by atoms with E-state index in [9.17, 15) is 13.2 Å². The maximum absolute atomic E-state index is 12.2. The summed E-state index contributed by atoms with van der Waals surface area (Å²) in [6.07, 6.45) is -5.49. The van der Waals surface area contributed by atoms with E-state index in [0.717, 1.165) is 0 Å². The fraction of sp³-hybridized carbons (Fsp3) is 0.444. The van der Waals surface area contributed by atoms with Crippen molar-refractivity contribution in [3.05, 3.63) is 29.6 Å². The summed E-state index contributed by atoms with van der Waals surface area (Å²) in [6, 6.07) is 3.07. The van der Waals surface area contributed by atoms with Gasteiger partial charge in [0.2, 0.25) is 0 Å². The van der Waals surface area contributed by atoms with Gasteiger partial charge < -0.3 is 5.11 Å². The Bertz CT molecular complexity index is 311. The second kappa shape index (κ2) is 3.96. The largest absolute Gasteiger partial charge is 0.420 e. The third-order valence-corrected chi connectivity index (χ3v) is 1.88. The summed E-state index contributed by atoms with van der Waals surface area (Å²) in [5, 5.41) is 8.98. The molecule has 1 aromatic rings. The highest BCUT2D eigenvalue weighted by Crippen LogP contribution is 2.32. The molecule has 0 saturated carbocycles. The SMILES string of the molecule is CCc1cccnc1C(O)C(F)(F)F. The Morgan fingerprint density at radius 2 is 2.14 bits per heavy atom. The van der Waals surface area contributed by atoms with Gasteiger partial charge in [-0.25, -0.2) is 0 Å². The summed E-state index contributed by atoms with van der Waals surface area (Å²) < 4.78 is 36.5. The molecule has 0 bridgehead atoms. The van der Waals surface area contributed by atoms with Crippen LogP contribution in [0.2, 0.25) is 0 Å². The van der Waals surface area contributed by atoms with Crippen molar-refractivity contribution in [2.45, 2.75) is 25.6 Å². The summed E-state index contributed by atoms with van der Waals surface area (Å²) in [4.78, 5) is 3.55. The highest BCUT2D eigenvalue weighted by atomic mass is 19.4. The second-order valence-electron chi connectivity index (χ2n) is 2.85. The van der Waals surface area contributed by atoms with Crippen LogP contribution in [0, 0.1) is 0 Å². The maximum Gasteiger partial charge on any atom is 0.420 e. The number of aliphatic hydroxyl groups is 1. The van der Waals surface area contributed by atoms with Crippen LogP contribution in [0.1, 0.15) is 24.3 Å². The highest BCUT2D eigenvalue weighted by molar-refractivity contribution is 5.22. The number of aromatic nitrogens is 1. The Kier molecular flexibility index (Phi) is 3.10. The molecule has 0 aliphatic carbocycles. The molecule has 0 spiro atoms. The zero-order chi connectivity index (χ0) is 10.8. The van der Waals surface area contributed by atoms with Crippen molar-refractivity contribution in [1.29, 1.82) is 0 Å². The van der Waals surface area contributed by atoms with Crippen LogP contribution in [0.15, 0.2) is 18.3 Å². The Hall–Kier alpha value is -1.10. The van der Waals surface area contributed by atoms with Gasteiger partial charge in [-0.2, -0.15) is 13.2 Å². The first-order chi connectivity index (χ1) is 6.46. The molecular weight excluding hydrogens is 195 g/mol. The average molecular weight is 205 g/mol. The van der Waals surface area contributed by atoms with E-state index in [1.54, 1.807) is 13.0 Å². The number of aliphatic hydroxyl groups excluding tert-OH is 1.